The van der Waals surface area contributed by atoms with Crippen molar-refractivity contribution in [3.8, 4) is 0 Å². The molecule has 1 saturated heterocycles. The van der Waals surface area contributed by atoms with Crippen LogP contribution in [0.4, 0.5) is 8.78 Å². The Bertz CT molecular complexity index is 464. The van der Waals surface area contributed by atoms with Crippen LogP contribution in [0.3, 0.4) is 0 Å². The second-order valence-electron chi connectivity index (χ2n) is 4.58. The first-order valence-electron chi connectivity index (χ1n) is 5.50. The Labute approximate surface area is 112 Å². The number of hydrogen-bond donors (Lipinski definition) is 0. The van der Waals surface area contributed by atoms with E-state index in [4.69, 9.17) is 0 Å². The molecule has 0 atom stereocenters. The first-order chi connectivity index (χ1) is 8.40. The highest BCUT2D eigenvalue weighted by Crippen LogP contribution is 2.23. The summed E-state index contributed by atoms with van der Waals surface area (Å²) in [7, 11) is 3.89. The van der Waals surface area contributed by atoms with Crippen LogP contribution in [0.1, 0.15) is 10.4 Å². The Balaban J connectivity index is 2.12. The number of amides is 1. The van der Waals surface area contributed by atoms with Crippen molar-refractivity contribution in [1.29, 1.82) is 0 Å². The number of benzene rings is 1. The van der Waals surface area contributed by atoms with Gasteiger partial charge in [-0.05, 0) is 42.2 Å². The van der Waals surface area contributed by atoms with Crippen LogP contribution in [0.2, 0.25) is 0 Å². The maximum Gasteiger partial charge on any atom is 0.254 e. The quantitative estimate of drug-likeness (QED) is 0.780. The lowest BCUT2D eigenvalue weighted by Crippen LogP contribution is -2.59. The number of likely N-dealkylation sites (N-methyl/N-ethyl adjacent to an activating group) is 1. The maximum atomic E-state index is 13.2. The van der Waals surface area contributed by atoms with Crippen molar-refractivity contribution in [2.75, 3.05) is 27.2 Å². The van der Waals surface area contributed by atoms with E-state index in [-0.39, 0.29) is 15.9 Å². The SMILES string of the molecule is CN(C)C1CN(C(=O)c2cc(F)c(F)c(Br)c2)C1. The predicted octanol–water partition coefficient (Wildman–Crippen LogP) is 2.11. The Morgan fingerprint density at radius 1 is 1.39 bits per heavy atom. The molecule has 1 heterocycles. The fourth-order valence-corrected chi connectivity index (χ4v) is 2.25. The molecule has 1 aliphatic heterocycles. The number of likely N-dealkylation sites (tertiary alicyclic amines) is 1. The van der Waals surface area contributed by atoms with Gasteiger partial charge in [-0.25, -0.2) is 8.78 Å². The van der Waals surface area contributed by atoms with Gasteiger partial charge in [-0.15, -0.1) is 0 Å². The summed E-state index contributed by atoms with van der Waals surface area (Å²) < 4.78 is 26.3. The minimum absolute atomic E-state index is 0.0319. The number of hydrogen-bond acceptors (Lipinski definition) is 2. The van der Waals surface area contributed by atoms with Gasteiger partial charge in [0.05, 0.1) is 4.47 Å². The third-order valence-corrected chi connectivity index (χ3v) is 3.69. The van der Waals surface area contributed by atoms with Gasteiger partial charge in [-0.1, -0.05) is 0 Å². The summed E-state index contributed by atoms with van der Waals surface area (Å²) in [6, 6.07) is 2.58. The molecule has 1 amide bonds. The van der Waals surface area contributed by atoms with Crippen molar-refractivity contribution in [2.24, 2.45) is 0 Å². The van der Waals surface area contributed by atoms with E-state index in [1.165, 1.54) is 6.07 Å². The lowest BCUT2D eigenvalue weighted by molar-refractivity contribution is 0.0399. The molecule has 0 aliphatic carbocycles. The highest BCUT2D eigenvalue weighted by Gasteiger charge is 2.32. The summed E-state index contributed by atoms with van der Waals surface area (Å²) in [5, 5.41) is 0. The van der Waals surface area contributed by atoms with E-state index in [1.54, 1.807) is 4.90 Å². The number of rotatable bonds is 2. The molecule has 6 heteroatoms. The molecular formula is C12H13BrF2N2O. The summed E-state index contributed by atoms with van der Waals surface area (Å²) in [4.78, 5) is 15.7. The Morgan fingerprint density at radius 2 is 2.00 bits per heavy atom. The van der Waals surface area contributed by atoms with Gasteiger partial charge in [0.25, 0.3) is 5.91 Å². The van der Waals surface area contributed by atoms with E-state index >= 15 is 0 Å². The van der Waals surface area contributed by atoms with E-state index in [2.05, 4.69) is 15.9 Å². The van der Waals surface area contributed by atoms with Crippen LogP contribution in [-0.4, -0.2) is 48.9 Å². The maximum absolute atomic E-state index is 13.2. The summed E-state index contributed by atoms with van der Waals surface area (Å²) >= 11 is 2.90. The molecule has 3 nitrogen and oxygen atoms in total. The van der Waals surface area contributed by atoms with E-state index in [0.717, 1.165) is 6.07 Å². The van der Waals surface area contributed by atoms with Gasteiger partial charge in [0.1, 0.15) is 0 Å². The zero-order chi connectivity index (χ0) is 13.4. The first kappa shape index (κ1) is 13.4. The van der Waals surface area contributed by atoms with Crippen LogP contribution >= 0.6 is 15.9 Å². The highest BCUT2D eigenvalue weighted by molar-refractivity contribution is 9.10. The summed E-state index contributed by atoms with van der Waals surface area (Å²) in [5.41, 5.74) is 0.165. The third-order valence-electron chi connectivity index (χ3n) is 3.11. The molecule has 0 bridgehead atoms. The van der Waals surface area contributed by atoms with Crippen molar-refractivity contribution in [3.63, 3.8) is 0 Å². The first-order valence-corrected chi connectivity index (χ1v) is 6.29. The molecule has 0 saturated carbocycles. The van der Waals surface area contributed by atoms with E-state index in [1.807, 2.05) is 19.0 Å². The van der Waals surface area contributed by atoms with Crippen LogP contribution in [0.25, 0.3) is 0 Å². The molecule has 18 heavy (non-hydrogen) atoms. The fourth-order valence-electron chi connectivity index (χ4n) is 1.81. The van der Waals surface area contributed by atoms with Crippen LogP contribution in [0.5, 0.6) is 0 Å². The Kier molecular flexibility index (Phi) is 3.68. The number of halogens is 3. The normalized spacial score (nSPS) is 16.0. The molecule has 0 unspecified atom stereocenters. The van der Waals surface area contributed by atoms with Gasteiger partial charge in [0.2, 0.25) is 0 Å². The molecule has 2 rings (SSSR count). The van der Waals surface area contributed by atoms with E-state index in [0.29, 0.717) is 19.1 Å². The summed E-state index contributed by atoms with van der Waals surface area (Å²) in [6.07, 6.45) is 0. The zero-order valence-corrected chi connectivity index (χ0v) is 11.7. The van der Waals surface area contributed by atoms with Crippen molar-refractivity contribution in [1.82, 2.24) is 9.80 Å². The second-order valence-corrected chi connectivity index (χ2v) is 5.44. The topological polar surface area (TPSA) is 23.6 Å². The molecule has 1 fully saturated rings. The summed E-state index contributed by atoms with van der Waals surface area (Å²) in [5.74, 6) is -2.26. The van der Waals surface area contributed by atoms with Crippen LogP contribution in [-0.2, 0) is 0 Å². The largest absolute Gasteiger partial charge is 0.335 e. The lowest BCUT2D eigenvalue weighted by atomic mass is 10.1. The van der Waals surface area contributed by atoms with Gasteiger partial charge in [-0.3, -0.25) is 4.79 Å². The molecule has 1 aromatic carbocycles. The monoisotopic (exact) mass is 318 g/mol. The average Bonchev–Trinajstić information content (AvgIpc) is 2.22. The van der Waals surface area contributed by atoms with Crippen molar-refractivity contribution in [3.05, 3.63) is 33.8 Å². The van der Waals surface area contributed by atoms with Crippen LogP contribution < -0.4 is 0 Å². The standard InChI is InChI=1S/C12H13BrF2N2O/c1-16(2)8-5-17(6-8)12(18)7-3-9(13)11(15)10(14)4-7/h3-4,8H,5-6H2,1-2H3. The molecule has 0 aromatic heterocycles. The molecule has 0 N–H and O–H groups in total. The number of carbonyl (C=O) groups excluding carboxylic acids is 1. The average molecular weight is 319 g/mol. The fraction of sp³-hybridized carbons (Fsp3) is 0.417. The predicted molar refractivity (Wildman–Crippen MR) is 67.4 cm³/mol. The van der Waals surface area contributed by atoms with Crippen LogP contribution in [0, 0.1) is 11.6 Å². The molecule has 0 spiro atoms. The van der Waals surface area contributed by atoms with E-state index in [9.17, 15) is 13.6 Å². The number of carbonyl (C=O) groups is 1. The van der Waals surface area contributed by atoms with Crippen molar-refractivity contribution in [2.45, 2.75) is 6.04 Å². The van der Waals surface area contributed by atoms with Crippen LogP contribution in [0.15, 0.2) is 16.6 Å². The van der Waals surface area contributed by atoms with E-state index < -0.39 is 11.6 Å². The number of nitrogens with zero attached hydrogens (tertiary/aromatic N) is 2. The smallest absolute Gasteiger partial charge is 0.254 e. The van der Waals surface area contributed by atoms with Gasteiger partial charge >= 0.3 is 0 Å². The Morgan fingerprint density at radius 3 is 2.50 bits per heavy atom. The van der Waals surface area contributed by atoms with Crippen molar-refractivity contribution >= 4 is 21.8 Å². The molecule has 1 aromatic rings. The molecule has 1 aliphatic rings. The Hall–Kier alpha value is -1.01. The second kappa shape index (κ2) is 4.93. The highest BCUT2D eigenvalue weighted by atomic mass is 79.9. The zero-order valence-electron chi connectivity index (χ0n) is 10.1. The van der Waals surface area contributed by atoms with Gasteiger partial charge in [0, 0.05) is 24.7 Å². The molecular weight excluding hydrogens is 306 g/mol. The van der Waals surface area contributed by atoms with Gasteiger partial charge in [-0.2, -0.15) is 0 Å². The van der Waals surface area contributed by atoms with Gasteiger partial charge in [0.15, 0.2) is 11.6 Å². The van der Waals surface area contributed by atoms with Crippen molar-refractivity contribution < 1.29 is 13.6 Å². The minimum atomic E-state index is -1.02. The third kappa shape index (κ3) is 2.40. The molecule has 0 radical (unpaired) electrons. The van der Waals surface area contributed by atoms with Gasteiger partial charge < -0.3 is 9.80 Å². The summed E-state index contributed by atoms with van der Waals surface area (Å²) in [6.45, 7) is 1.23. The minimum Gasteiger partial charge on any atom is -0.335 e. The lowest BCUT2D eigenvalue weighted by Gasteiger charge is -2.42. The molecule has 98 valence electrons.